The number of ketones is 1. The van der Waals surface area contributed by atoms with Gasteiger partial charge in [0.1, 0.15) is 11.8 Å². The number of nitrogens with one attached hydrogen (secondary N) is 3. The van der Waals surface area contributed by atoms with Gasteiger partial charge in [0.05, 0.1) is 42.2 Å². The molecule has 1 atom stereocenters. The van der Waals surface area contributed by atoms with Crippen LogP contribution in [0.4, 0.5) is 5.69 Å². The molecule has 3 aromatic rings. The van der Waals surface area contributed by atoms with Crippen LogP contribution in [-0.4, -0.2) is 34.0 Å². The van der Waals surface area contributed by atoms with Crippen LogP contribution in [0.2, 0.25) is 0 Å². The van der Waals surface area contributed by atoms with Crippen molar-refractivity contribution in [2.24, 2.45) is 0 Å². The van der Waals surface area contributed by atoms with E-state index in [1.165, 1.54) is 11.5 Å². The lowest BCUT2D eigenvalue weighted by atomic mass is 9.97. The molecule has 2 aromatic heterocycles. The van der Waals surface area contributed by atoms with Gasteiger partial charge in [0.25, 0.3) is 0 Å². The summed E-state index contributed by atoms with van der Waals surface area (Å²) in [6.07, 6.45) is 12.1. The van der Waals surface area contributed by atoms with Gasteiger partial charge < -0.3 is 20.8 Å². The Hall–Kier alpha value is -4.04. The Balaban J connectivity index is 1.69. The van der Waals surface area contributed by atoms with E-state index in [2.05, 4.69) is 20.0 Å². The highest BCUT2D eigenvalue weighted by Crippen LogP contribution is 2.26. The number of carbonyl (C=O) groups excluding carboxylic acids is 1. The van der Waals surface area contributed by atoms with E-state index in [4.69, 9.17) is 10.1 Å². The number of hydrogen-bond acceptors (Lipinski definition) is 8. The van der Waals surface area contributed by atoms with Crippen LogP contribution in [0.25, 0.3) is 11.3 Å². The zero-order chi connectivity index (χ0) is 22.3. The SMILES string of the molecule is COc1cncc(NC(C(=N)/C=C2/C=CC=CN2)C(=O)c2csnc2-c2ccccc2)c1. The minimum absolute atomic E-state index is 0.102. The molecular formula is C24H21N5O2S. The Morgan fingerprint density at radius 2 is 2.09 bits per heavy atom. The molecule has 0 fully saturated rings. The number of nitrogens with zero attached hydrogens (tertiary/aromatic N) is 2. The summed E-state index contributed by atoms with van der Waals surface area (Å²) >= 11 is 1.22. The molecule has 1 aliphatic heterocycles. The monoisotopic (exact) mass is 443 g/mol. The molecule has 0 amide bonds. The first kappa shape index (κ1) is 21.2. The molecule has 7 nitrogen and oxygen atoms in total. The molecule has 0 spiro atoms. The number of benzene rings is 1. The lowest BCUT2D eigenvalue weighted by Gasteiger charge is -2.19. The first-order chi connectivity index (χ1) is 15.7. The van der Waals surface area contributed by atoms with E-state index in [0.29, 0.717) is 28.4 Å². The summed E-state index contributed by atoms with van der Waals surface area (Å²) in [5.41, 5.74) is 3.31. The van der Waals surface area contributed by atoms with Crippen LogP contribution in [0.15, 0.2) is 90.4 Å². The molecule has 0 saturated heterocycles. The molecule has 0 aliphatic carbocycles. The molecule has 3 heterocycles. The van der Waals surface area contributed by atoms with Crippen molar-refractivity contribution in [3.63, 3.8) is 0 Å². The zero-order valence-corrected chi connectivity index (χ0v) is 18.1. The third-order valence-electron chi connectivity index (χ3n) is 4.76. The van der Waals surface area contributed by atoms with E-state index in [1.54, 1.807) is 43.2 Å². The van der Waals surface area contributed by atoms with E-state index in [0.717, 1.165) is 5.56 Å². The predicted molar refractivity (Wildman–Crippen MR) is 127 cm³/mol. The average Bonchev–Trinajstić information content (AvgIpc) is 3.33. The number of anilines is 1. The van der Waals surface area contributed by atoms with Crippen LogP contribution in [0.3, 0.4) is 0 Å². The van der Waals surface area contributed by atoms with Gasteiger partial charge in [0.15, 0.2) is 5.78 Å². The summed E-state index contributed by atoms with van der Waals surface area (Å²) in [5, 5.41) is 16.7. The molecule has 1 unspecified atom stereocenters. The molecule has 0 saturated carbocycles. The number of aromatic nitrogens is 2. The molecular weight excluding hydrogens is 422 g/mol. The fraction of sp³-hybridized carbons (Fsp3) is 0.0833. The zero-order valence-electron chi connectivity index (χ0n) is 17.3. The van der Waals surface area contributed by atoms with E-state index >= 15 is 0 Å². The Morgan fingerprint density at radius 1 is 1.25 bits per heavy atom. The maximum atomic E-state index is 13.7. The van der Waals surface area contributed by atoms with E-state index in [9.17, 15) is 4.79 Å². The normalized spacial score (nSPS) is 14.6. The van der Waals surface area contributed by atoms with Gasteiger partial charge in [-0.25, -0.2) is 0 Å². The number of carbonyl (C=O) groups is 1. The molecule has 1 aromatic carbocycles. The van der Waals surface area contributed by atoms with Crippen molar-refractivity contribution in [1.29, 1.82) is 5.41 Å². The Kier molecular flexibility index (Phi) is 6.52. The van der Waals surface area contributed by atoms with Crippen LogP contribution in [0, 0.1) is 5.41 Å². The van der Waals surface area contributed by atoms with Gasteiger partial charge >= 0.3 is 0 Å². The topological polar surface area (TPSA) is 100.0 Å². The molecule has 160 valence electrons. The largest absolute Gasteiger partial charge is 0.495 e. The highest BCUT2D eigenvalue weighted by Gasteiger charge is 2.28. The van der Waals surface area contributed by atoms with E-state index in [1.807, 2.05) is 48.6 Å². The van der Waals surface area contributed by atoms with Crippen molar-refractivity contribution in [3.8, 4) is 17.0 Å². The van der Waals surface area contributed by atoms with Gasteiger partial charge in [-0.2, -0.15) is 4.37 Å². The Bertz CT molecular complexity index is 1210. The van der Waals surface area contributed by atoms with Gasteiger partial charge in [-0.3, -0.25) is 9.78 Å². The number of methoxy groups -OCH3 is 1. The first-order valence-corrected chi connectivity index (χ1v) is 10.7. The molecule has 8 heteroatoms. The van der Waals surface area contributed by atoms with Gasteiger partial charge in [-0.05, 0) is 29.8 Å². The standard InChI is InChI=1S/C24H21N5O2S/c1-31-19-11-18(13-26-14-19)28-23(21(25)12-17-9-5-6-10-27-17)24(30)20-15-32-29-22(20)16-7-3-2-4-8-16/h2-15,23,25,27-28H,1H3/b17-12-,25-21?. The Labute approximate surface area is 189 Å². The summed E-state index contributed by atoms with van der Waals surface area (Å²) in [6, 6.07) is 10.3. The molecule has 0 radical (unpaired) electrons. The van der Waals surface area contributed by atoms with Crippen LogP contribution < -0.4 is 15.4 Å². The summed E-state index contributed by atoms with van der Waals surface area (Å²) in [4.78, 5) is 17.8. The van der Waals surface area contributed by atoms with Crippen molar-refractivity contribution in [2.45, 2.75) is 6.04 Å². The molecule has 3 N–H and O–H groups in total. The van der Waals surface area contributed by atoms with Crippen molar-refractivity contribution >= 4 is 28.7 Å². The van der Waals surface area contributed by atoms with Gasteiger partial charge in [-0.15, -0.1) is 0 Å². The second-order valence-corrected chi connectivity index (χ2v) is 7.54. The van der Waals surface area contributed by atoms with Gasteiger partial charge in [-0.1, -0.05) is 36.4 Å². The number of ether oxygens (including phenoxy) is 1. The first-order valence-electron chi connectivity index (χ1n) is 9.85. The molecule has 4 rings (SSSR count). The summed E-state index contributed by atoms with van der Waals surface area (Å²) in [7, 11) is 1.55. The molecule has 32 heavy (non-hydrogen) atoms. The quantitative estimate of drug-likeness (QED) is 0.351. The highest BCUT2D eigenvalue weighted by atomic mass is 32.1. The number of Topliss-reactive ketones (excluding diaryl/α,β-unsaturated/α-hetero) is 1. The van der Waals surface area contributed by atoms with E-state index in [-0.39, 0.29) is 11.5 Å². The smallest absolute Gasteiger partial charge is 0.194 e. The van der Waals surface area contributed by atoms with Gasteiger partial charge in [0, 0.05) is 28.9 Å². The fourth-order valence-corrected chi connectivity index (χ4v) is 3.87. The molecule has 1 aliphatic rings. The number of allylic oxidation sites excluding steroid dienone is 3. The fourth-order valence-electron chi connectivity index (χ4n) is 3.18. The van der Waals surface area contributed by atoms with Crippen LogP contribution in [0.1, 0.15) is 10.4 Å². The van der Waals surface area contributed by atoms with Crippen LogP contribution in [0.5, 0.6) is 5.75 Å². The maximum absolute atomic E-state index is 13.7. The third kappa shape index (κ3) is 4.81. The number of hydrogen-bond donors (Lipinski definition) is 3. The van der Waals surface area contributed by atoms with E-state index < -0.39 is 6.04 Å². The summed E-state index contributed by atoms with van der Waals surface area (Å²) < 4.78 is 9.68. The minimum atomic E-state index is -0.948. The maximum Gasteiger partial charge on any atom is 0.194 e. The predicted octanol–water partition coefficient (Wildman–Crippen LogP) is 4.45. The summed E-state index contributed by atoms with van der Waals surface area (Å²) in [6.45, 7) is 0. The lowest BCUT2D eigenvalue weighted by Crippen LogP contribution is -2.37. The average molecular weight is 444 g/mol. The second kappa shape index (κ2) is 9.84. The van der Waals surface area contributed by atoms with Crippen molar-refractivity contribution in [1.82, 2.24) is 14.7 Å². The Morgan fingerprint density at radius 3 is 2.84 bits per heavy atom. The summed E-state index contributed by atoms with van der Waals surface area (Å²) in [5.74, 6) is 0.299. The second-order valence-electron chi connectivity index (χ2n) is 6.92. The van der Waals surface area contributed by atoms with Crippen LogP contribution >= 0.6 is 11.5 Å². The number of pyridine rings is 1. The minimum Gasteiger partial charge on any atom is -0.495 e. The van der Waals surface area contributed by atoms with Gasteiger partial charge in [0.2, 0.25) is 0 Å². The van der Waals surface area contributed by atoms with Crippen molar-refractivity contribution in [3.05, 3.63) is 95.9 Å². The van der Waals surface area contributed by atoms with Crippen molar-refractivity contribution in [2.75, 3.05) is 12.4 Å². The number of dihydropyridines is 1. The van der Waals surface area contributed by atoms with Crippen LogP contribution in [-0.2, 0) is 0 Å². The highest BCUT2D eigenvalue weighted by molar-refractivity contribution is 7.04. The third-order valence-corrected chi connectivity index (χ3v) is 5.39. The molecule has 0 bridgehead atoms. The van der Waals surface area contributed by atoms with Crippen molar-refractivity contribution < 1.29 is 9.53 Å². The number of rotatable bonds is 8. The lowest BCUT2D eigenvalue weighted by molar-refractivity contribution is 0.0991.